The molecule has 1 amide bonds. The van der Waals surface area contributed by atoms with Crippen LogP contribution in [0.5, 0.6) is 6.01 Å². The topological polar surface area (TPSA) is 69.4 Å². The van der Waals surface area contributed by atoms with Crippen LogP contribution in [-0.4, -0.2) is 91.2 Å². The fourth-order valence-corrected chi connectivity index (χ4v) is 7.27. The number of benzene rings is 2. The molecule has 3 heterocycles. The Kier molecular flexibility index (Phi) is 8.72. The molecule has 2 aromatic carbocycles. The molecule has 0 N–H and O–H groups in total. The number of aromatic nitrogens is 2. The summed E-state index contributed by atoms with van der Waals surface area (Å²) >= 11 is 0. The summed E-state index contributed by atoms with van der Waals surface area (Å²) in [6.45, 7) is 17.5. The molecule has 6 rings (SSSR count). The van der Waals surface area contributed by atoms with Crippen LogP contribution < -0.4 is 14.5 Å². The van der Waals surface area contributed by atoms with Crippen molar-refractivity contribution in [2.75, 3.05) is 63.2 Å². The summed E-state index contributed by atoms with van der Waals surface area (Å²) in [6.07, 6.45) is 5.61. The lowest BCUT2D eigenvalue weighted by Crippen LogP contribution is -2.56. The Balaban J connectivity index is 1.32. The monoisotopic (exact) mass is 593 g/mol. The zero-order valence-corrected chi connectivity index (χ0v) is 26.2. The molecule has 0 radical (unpaired) electrons. The van der Waals surface area contributed by atoms with Crippen LogP contribution in [0.2, 0.25) is 0 Å². The van der Waals surface area contributed by atoms with E-state index in [-0.39, 0.29) is 18.5 Å². The molecule has 3 aliphatic rings. The van der Waals surface area contributed by atoms with E-state index in [4.69, 9.17) is 21.3 Å². The first-order chi connectivity index (χ1) is 21.4. The maximum Gasteiger partial charge on any atom is 0.318 e. The SMILES string of the molecule is [C-]#[N+]C[C@H]1CN(c2nc(OC[C@@H]3CC[C@@H](N(C)C)C3)nc3c2CCN(c2cccc4cccc(C)c24)C3)CCN1C(=O)C=C. The normalized spacial score (nSPS) is 21.8. The van der Waals surface area contributed by atoms with Crippen LogP contribution in [0.3, 0.4) is 0 Å². The number of nitrogens with zero attached hydrogens (tertiary/aromatic N) is 7. The summed E-state index contributed by atoms with van der Waals surface area (Å²) in [5.41, 5.74) is 4.62. The van der Waals surface area contributed by atoms with Crippen molar-refractivity contribution in [3.8, 4) is 6.01 Å². The van der Waals surface area contributed by atoms with E-state index in [1.54, 1.807) is 4.90 Å². The van der Waals surface area contributed by atoms with Crippen LogP contribution in [0.25, 0.3) is 15.6 Å². The van der Waals surface area contributed by atoms with Crippen molar-refractivity contribution >= 4 is 28.2 Å². The Hall–Kier alpha value is -4.16. The Bertz CT molecular complexity index is 1580. The predicted molar refractivity (Wildman–Crippen MR) is 175 cm³/mol. The molecule has 0 bridgehead atoms. The zero-order chi connectivity index (χ0) is 30.8. The van der Waals surface area contributed by atoms with Crippen LogP contribution in [-0.2, 0) is 17.8 Å². The zero-order valence-electron chi connectivity index (χ0n) is 26.2. The summed E-state index contributed by atoms with van der Waals surface area (Å²) in [7, 11) is 4.30. The third-order valence-corrected chi connectivity index (χ3v) is 9.69. The van der Waals surface area contributed by atoms with Gasteiger partial charge >= 0.3 is 6.01 Å². The van der Waals surface area contributed by atoms with Gasteiger partial charge in [0.05, 0.1) is 18.8 Å². The van der Waals surface area contributed by atoms with Crippen LogP contribution in [0.15, 0.2) is 49.1 Å². The van der Waals surface area contributed by atoms with Crippen molar-refractivity contribution in [1.82, 2.24) is 19.8 Å². The second-order valence-electron chi connectivity index (χ2n) is 12.7. The number of carbonyl (C=O) groups excluding carboxylic acids is 1. The first kappa shape index (κ1) is 29.9. The van der Waals surface area contributed by atoms with E-state index in [2.05, 4.69) is 83.5 Å². The number of hydrogen-bond acceptors (Lipinski definition) is 7. The van der Waals surface area contributed by atoms with E-state index in [0.29, 0.717) is 50.8 Å². The third kappa shape index (κ3) is 5.96. The van der Waals surface area contributed by atoms with Crippen LogP contribution in [0.1, 0.15) is 36.1 Å². The average Bonchev–Trinajstić information content (AvgIpc) is 3.52. The minimum atomic E-state index is -0.220. The molecule has 1 aromatic heterocycles. The maximum absolute atomic E-state index is 12.6. The van der Waals surface area contributed by atoms with E-state index in [0.717, 1.165) is 42.9 Å². The van der Waals surface area contributed by atoms with E-state index < -0.39 is 0 Å². The molecule has 44 heavy (non-hydrogen) atoms. The highest BCUT2D eigenvalue weighted by molar-refractivity contribution is 5.97. The highest BCUT2D eigenvalue weighted by Gasteiger charge is 2.35. The Morgan fingerprint density at radius 1 is 1.14 bits per heavy atom. The van der Waals surface area contributed by atoms with Crippen molar-refractivity contribution < 1.29 is 9.53 Å². The Morgan fingerprint density at radius 3 is 2.70 bits per heavy atom. The molecule has 0 spiro atoms. The van der Waals surface area contributed by atoms with Gasteiger partial charge in [-0.15, -0.1) is 0 Å². The van der Waals surface area contributed by atoms with Crippen LogP contribution in [0.4, 0.5) is 11.5 Å². The van der Waals surface area contributed by atoms with Gasteiger partial charge < -0.3 is 29.2 Å². The van der Waals surface area contributed by atoms with Gasteiger partial charge in [0.1, 0.15) is 11.9 Å². The van der Waals surface area contributed by atoms with Gasteiger partial charge in [-0.25, -0.2) is 6.57 Å². The van der Waals surface area contributed by atoms with Crippen molar-refractivity contribution in [1.29, 1.82) is 0 Å². The largest absolute Gasteiger partial charge is 0.463 e. The highest BCUT2D eigenvalue weighted by Crippen LogP contribution is 2.36. The van der Waals surface area contributed by atoms with Gasteiger partial charge in [-0.05, 0) is 75.7 Å². The van der Waals surface area contributed by atoms with E-state index in [9.17, 15) is 4.79 Å². The smallest absolute Gasteiger partial charge is 0.318 e. The standard InChI is InChI=1S/C35H43N7O2/c1-6-32(43)42-18-17-41(21-28(42)20-36-3)34-29-15-16-40(31-12-8-11-26-10-7-9-24(2)33(26)31)22-30(29)37-35(38-34)44-23-25-13-14-27(19-25)39(4)5/h6-12,25,27-28H,1,13-23H2,2,4-5H3/t25-,27-,28+/m1/s1. The Labute approximate surface area is 260 Å². The van der Waals surface area contributed by atoms with Gasteiger partial charge in [-0.3, -0.25) is 4.79 Å². The minimum Gasteiger partial charge on any atom is -0.463 e. The van der Waals surface area contributed by atoms with E-state index in [1.165, 1.54) is 34.5 Å². The number of hydrogen-bond donors (Lipinski definition) is 0. The molecule has 2 fully saturated rings. The molecule has 3 atom stereocenters. The maximum atomic E-state index is 12.6. The molecular weight excluding hydrogens is 550 g/mol. The van der Waals surface area contributed by atoms with Crippen molar-refractivity contribution in [3.63, 3.8) is 0 Å². The Morgan fingerprint density at radius 2 is 1.95 bits per heavy atom. The molecular formula is C35H43N7O2. The summed E-state index contributed by atoms with van der Waals surface area (Å²) in [5.74, 6) is 1.25. The molecule has 1 aliphatic carbocycles. The number of fused-ring (bicyclic) bond motifs is 2. The lowest BCUT2D eigenvalue weighted by atomic mass is 9.99. The summed E-state index contributed by atoms with van der Waals surface area (Å²) in [6, 6.07) is 13.8. The van der Waals surface area contributed by atoms with Gasteiger partial charge in [0.15, 0.2) is 0 Å². The quantitative estimate of drug-likeness (QED) is 0.276. The van der Waals surface area contributed by atoms with E-state index >= 15 is 0 Å². The number of amides is 1. The van der Waals surface area contributed by atoms with E-state index in [1.807, 2.05) is 0 Å². The first-order valence-corrected chi connectivity index (χ1v) is 15.8. The van der Waals surface area contributed by atoms with Gasteiger partial charge in [-0.1, -0.05) is 36.9 Å². The number of anilines is 2. The summed E-state index contributed by atoms with van der Waals surface area (Å²) in [5, 5.41) is 2.52. The number of piperazine rings is 1. The van der Waals surface area contributed by atoms with Gasteiger partial charge in [0.2, 0.25) is 12.5 Å². The molecule has 2 aliphatic heterocycles. The molecule has 9 heteroatoms. The fraction of sp³-hybridized carbons (Fsp3) is 0.486. The van der Waals surface area contributed by atoms with Gasteiger partial charge in [0.25, 0.3) is 0 Å². The fourth-order valence-electron chi connectivity index (χ4n) is 7.27. The molecule has 0 unspecified atom stereocenters. The molecule has 1 saturated carbocycles. The lowest BCUT2D eigenvalue weighted by molar-refractivity contribution is -0.128. The number of aryl methyl sites for hydroxylation is 1. The number of ether oxygens (including phenoxy) is 1. The second kappa shape index (κ2) is 12.8. The molecule has 3 aromatic rings. The lowest BCUT2D eigenvalue weighted by Gasteiger charge is -2.41. The summed E-state index contributed by atoms with van der Waals surface area (Å²) < 4.78 is 6.38. The predicted octanol–water partition coefficient (Wildman–Crippen LogP) is 4.73. The highest BCUT2D eigenvalue weighted by atomic mass is 16.5. The summed E-state index contributed by atoms with van der Waals surface area (Å²) in [4.78, 5) is 35.1. The molecule has 1 saturated heterocycles. The van der Waals surface area contributed by atoms with Gasteiger partial charge in [0, 0.05) is 48.9 Å². The number of rotatable bonds is 8. The average molecular weight is 594 g/mol. The van der Waals surface area contributed by atoms with Crippen LogP contribution >= 0.6 is 0 Å². The van der Waals surface area contributed by atoms with Crippen molar-refractivity contribution in [2.45, 2.75) is 51.2 Å². The second-order valence-corrected chi connectivity index (χ2v) is 12.7. The molecule has 230 valence electrons. The van der Waals surface area contributed by atoms with Crippen molar-refractivity contribution in [2.24, 2.45) is 5.92 Å². The minimum absolute atomic E-state index is 0.124. The van der Waals surface area contributed by atoms with Crippen molar-refractivity contribution in [3.05, 3.63) is 77.3 Å². The molecule has 9 nitrogen and oxygen atoms in total. The third-order valence-electron chi connectivity index (χ3n) is 9.69. The first-order valence-electron chi connectivity index (χ1n) is 15.8. The van der Waals surface area contributed by atoms with Crippen LogP contribution in [0, 0.1) is 19.4 Å². The number of carbonyl (C=O) groups is 1. The van der Waals surface area contributed by atoms with Gasteiger partial charge in [-0.2, -0.15) is 9.97 Å².